The molecule has 9 heteroatoms. The Morgan fingerprint density at radius 2 is 2.22 bits per heavy atom. The van der Waals surface area contributed by atoms with Crippen molar-refractivity contribution in [3.8, 4) is 5.69 Å². The van der Waals surface area contributed by atoms with Gasteiger partial charge in [0.2, 0.25) is 5.16 Å². The molecule has 0 bridgehead atoms. The summed E-state index contributed by atoms with van der Waals surface area (Å²) in [7, 11) is 0. The molecule has 0 aliphatic heterocycles. The maximum absolute atomic E-state index is 10.5. The summed E-state index contributed by atoms with van der Waals surface area (Å²) in [5, 5.41) is 20.9. The summed E-state index contributed by atoms with van der Waals surface area (Å²) < 4.78 is 1.35. The lowest BCUT2D eigenvalue weighted by atomic mass is 10.3. The molecule has 0 aliphatic rings. The molecule has 0 radical (unpaired) electrons. The Balaban J connectivity index is 2.36. The van der Waals surface area contributed by atoms with Gasteiger partial charge >= 0.3 is 5.97 Å². The van der Waals surface area contributed by atoms with Crippen LogP contribution in [0.25, 0.3) is 5.69 Å². The number of hydrogen-bond donors (Lipinski definition) is 1. The van der Waals surface area contributed by atoms with E-state index >= 15 is 0 Å². The van der Waals surface area contributed by atoms with E-state index < -0.39 is 5.97 Å². The number of thioether (sulfide) groups is 1. The standard InChI is InChI=1S/C9H6Cl2N4O2S/c10-5-1-2-6(11)7(3-5)15-9(12-13-14-15)18-4-8(16)17/h1-3H,4H2,(H,16,17). The number of hydrogen-bond acceptors (Lipinski definition) is 5. The number of rotatable bonds is 4. The highest BCUT2D eigenvalue weighted by Gasteiger charge is 2.13. The largest absolute Gasteiger partial charge is 0.481 e. The molecule has 0 saturated carbocycles. The van der Waals surface area contributed by atoms with Gasteiger partial charge in [-0.3, -0.25) is 4.79 Å². The van der Waals surface area contributed by atoms with Crippen LogP contribution in [-0.4, -0.2) is 37.0 Å². The molecule has 2 rings (SSSR count). The molecule has 0 atom stereocenters. The van der Waals surface area contributed by atoms with Crippen LogP contribution >= 0.6 is 35.0 Å². The van der Waals surface area contributed by atoms with Crippen molar-refractivity contribution in [1.29, 1.82) is 0 Å². The van der Waals surface area contributed by atoms with E-state index in [1.807, 2.05) is 0 Å². The molecule has 1 heterocycles. The smallest absolute Gasteiger partial charge is 0.313 e. The van der Waals surface area contributed by atoms with Crippen LogP contribution < -0.4 is 0 Å². The highest BCUT2D eigenvalue weighted by atomic mass is 35.5. The van der Waals surface area contributed by atoms with Gasteiger partial charge in [0.15, 0.2) is 0 Å². The molecule has 18 heavy (non-hydrogen) atoms. The minimum atomic E-state index is -0.952. The van der Waals surface area contributed by atoms with E-state index in [9.17, 15) is 4.79 Å². The van der Waals surface area contributed by atoms with Gasteiger partial charge in [-0.2, -0.15) is 4.68 Å². The quantitative estimate of drug-likeness (QED) is 0.872. The zero-order valence-electron chi connectivity index (χ0n) is 8.75. The van der Waals surface area contributed by atoms with Gasteiger partial charge in [0, 0.05) is 5.02 Å². The van der Waals surface area contributed by atoms with E-state index in [1.54, 1.807) is 18.2 Å². The summed E-state index contributed by atoms with van der Waals surface area (Å²) in [5.41, 5.74) is 0.502. The van der Waals surface area contributed by atoms with Crippen molar-refractivity contribution >= 4 is 40.9 Å². The molecule has 6 nitrogen and oxygen atoms in total. The first-order chi connectivity index (χ1) is 8.58. The number of aliphatic carboxylic acids is 1. The fourth-order valence-electron chi connectivity index (χ4n) is 1.19. The summed E-state index contributed by atoms with van der Waals surface area (Å²) in [5.74, 6) is -1.09. The van der Waals surface area contributed by atoms with E-state index in [2.05, 4.69) is 15.5 Å². The lowest BCUT2D eigenvalue weighted by molar-refractivity contribution is -0.133. The third-order valence-corrected chi connectivity index (χ3v) is 3.36. The second-order valence-corrected chi connectivity index (χ2v) is 4.94. The van der Waals surface area contributed by atoms with Crippen LogP contribution in [0.4, 0.5) is 0 Å². The minimum Gasteiger partial charge on any atom is -0.481 e. The molecule has 0 unspecified atom stereocenters. The number of aromatic nitrogens is 4. The number of carboxylic acids is 1. The fourth-order valence-corrected chi connectivity index (χ4v) is 2.16. The maximum Gasteiger partial charge on any atom is 0.313 e. The zero-order valence-corrected chi connectivity index (χ0v) is 11.1. The number of tetrazole rings is 1. The van der Waals surface area contributed by atoms with Crippen LogP contribution in [0.3, 0.4) is 0 Å². The molecule has 1 N–H and O–H groups in total. The lowest BCUT2D eigenvalue weighted by Crippen LogP contribution is -2.03. The lowest BCUT2D eigenvalue weighted by Gasteiger charge is -2.05. The zero-order chi connectivity index (χ0) is 13.1. The molecule has 1 aromatic heterocycles. The normalized spacial score (nSPS) is 10.6. The number of carboxylic acid groups (broad SMARTS) is 1. The van der Waals surface area contributed by atoms with Gasteiger partial charge in [-0.05, 0) is 28.6 Å². The first-order valence-corrected chi connectivity index (χ1v) is 6.40. The van der Waals surface area contributed by atoms with Crippen LogP contribution in [0.1, 0.15) is 0 Å². The Morgan fingerprint density at radius 3 is 2.94 bits per heavy atom. The molecular formula is C9H6Cl2N4O2S. The molecular weight excluding hydrogens is 299 g/mol. The molecule has 2 aromatic rings. The molecule has 0 spiro atoms. The second kappa shape index (κ2) is 5.55. The molecule has 0 saturated heterocycles. The molecule has 1 aromatic carbocycles. The number of carbonyl (C=O) groups is 1. The van der Waals surface area contributed by atoms with Gasteiger partial charge in [0.1, 0.15) is 0 Å². The Morgan fingerprint density at radius 1 is 1.44 bits per heavy atom. The topological polar surface area (TPSA) is 80.9 Å². The van der Waals surface area contributed by atoms with E-state index in [0.717, 1.165) is 11.8 Å². The third-order valence-electron chi connectivity index (χ3n) is 1.90. The molecule has 0 fully saturated rings. The van der Waals surface area contributed by atoms with Crippen molar-refractivity contribution < 1.29 is 9.90 Å². The number of nitrogens with zero attached hydrogens (tertiary/aromatic N) is 4. The molecule has 94 valence electrons. The van der Waals surface area contributed by atoms with E-state index in [-0.39, 0.29) is 5.75 Å². The maximum atomic E-state index is 10.5. The van der Waals surface area contributed by atoms with Gasteiger partial charge in [-0.15, -0.1) is 5.10 Å². The summed E-state index contributed by atoms with van der Waals surface area (Å²) in [6.45, 7) is 0. The number of benzene rings is 1. The first kappa shape index (κ1) is 13.1. The van der Waals surface area contributed by atoms with Gasteiger partial charge < -0.3 is 5.11 Å². The van der Waals surface area contributed by atoms with E-state index in [1.165, 1.54) is 4.68 Å². The van der Waals surface area contributed by atoms with Crippen molar-refractivity contribution in [2.45, 2.75) is 5.16 Å². The van der Waals surface area contributed by atoms with Gasteiger partial charge in [0.05, 0.1) is 16.5 Å². The average molecular weight is 305 g/mol. The summed E-state index contributed by atoms with van der Waals surface area (Å²) in [6.07, 6.45) is 0. The average Bonchev–Trinajstić information content (AvgIpc) is 2.77. The van der Waals surface area contributed by atoms with E-state index in [0.29, 0.717) is 20.9 Å². The van der Waals surface area contributed by atoms with Crippen LogP contribution in [0.15, 0.2) is 23.4 Å². The van der Waals surface area contributed by atoms with Gasteiger partial charge in [-0.25, -0.2) is 0 Å². The van der Waals surface area contributed by atoms with Crippen molar-refractivity contribution in [3.05, 3.63) is 28.2 Å². The van der Waals surface area contributed by atoms with E-state index in [4.69, 9.17) is 28.3 Å². The summed E-state index contributed by atoms with van der Waals surface area (Å²) in [4.78, 5) is 10.5. The molecule has 0 amide bonds. The second-order valence-electron chi connectivity index (χ2n) is 3.15. The predicted octanol–water partition coefficient (Wildman–Crippen LogP) is 2.15. The summed E-state index contributed by atoms with van der Waals surface area (Å²) in [6, 6.07) is 4.86. The monoisotopic (exact) mass is 304 g/mol. The molecule has 0 aliphatic carbocycles. The third kappa shape index (κ3) is 2.92. The Kier molecular flexibility index (Phi) is 4.05. The highest BCUT2D eigenvalue weighted by Crippen LogP contribution is 2.26. The van der Waals surface area contributed by atoms with Crippen LogP contribution in [0.2, 0.25) is 10.0 Å². The van der Waals surface area contributed by atoms with Crippen molar-refractivity contribution in [2.24, 2.45) is 0 Å². The van der Waals surface area contributed by atoms with Crippen molar-refractivity contribution in [3.63, 3.8) is 0 Å². The van der Waals surface area contributed by atoms with Gasteiger partial charge in [0.25, 0.3) is 0 Å². The number of halogens is 2. The summed E-state index contributed by atoms with van der Waals surface area (Å²) >= 11 is 12.9. The Labute approximate surface area is 116 Å². The van der Waals surface area contributed by atoms with Crippen molar-refractivity contribution in [2.75, 3.05) is 5.75 Å². The first-order valence-electron chi connectivity index (χ1n) is 4.66. The van der Waals surface area contributed by atoms with Crippen LogP contribution in [0, 0.1) is 0 Å². The Bertz CT molecular complexity index is 590. The van der Waals surface area contributed by atoms with Crippen LogP contribution in [-0.2, 0) is 4.79 Å². The minimum absolute atomic E-state index is 0.140. The highest BCUT2D eigenvalue weighted by molar-refractivity contribution is 7.99. The fraction of sp³-hybridized carbons (Fsp3) is 0.111. The Hall–Kier alpha value is -1.31. The van der Waals surface area contributed by atoms with Crippen molar-refractivity contribution in [1.82, 2.24) is 20.2 Å². The van der Waals surface area contributed by atoms with Gasteiger partial charge in [-0.1, -0.05) is 35.0 Å². The SMILES string of the molecule is O=C(O)CSc1nnnn1-c1cc(Cl)ccc1Cl. The predicted molar refractivity (Wildman–Crippen MR) is 67.5 cm³/mol. The van der Waals surface area contributed by atoms with Crippen LogP contribution in [0.5, 0.6) is 0 Å².